The van der Waals surface area contributed by atoms with E-state index in [1.165, 1.54) is 10.8 Å². The van der Waals surface area contributed by atoms with Crippen molar-refractivity contribution in [2.24, 2.45) is 0 Å². The highest BCUT2D eigenvalue weighted by atomic mass is 15.0. The van der Waals surface area contributed by atoms with Gasteiger partial charge in [0.2, 0.25) is 0 Å². The summed E-state index contributed by atoms with van der Waals surface area (Å²) in [6, 6.07) is 95.7. The Kier molecular flexibility index (Phi) is 10.8. The highest BCUT2D eigenvalue weighted by Gasteiger charge is 2.21. The smallest absolute Gasteiger partial charge is 0.164 e. The van der Waals surface area contributed by atoms with E-state index in [1.54, 1.807) is 0 Å². The number of nitrogens with zero attached hydrogens (tertiary/aromatic N) is 6. The summed E-state index contributed by atoms with van der Waals surface area (Å²) >= 11 is 0. The summed E-state index contributed by atoms with van der Waals surface area (Å²) in [5.74, 6) is 1.66. The number of aromatic nitrogens is 5. The molecule has 0 aliphatic carbocycles. The van der Waals surface area contributed by atoms with Gasteiger partial charge in [-0.1, -0.05) is 206 Å². The van der Waals surface area contributed by atoms with E-state index in [0.717, 1.165) is 105 Å². The molecule has 0 N–H and O–H groups in total. The number of para-hydroxylation sites is 3. The normalized spacial score (nSPS) is 11.4. The lowest BCUT2D eigenvalue weighted by atomic mass is 9.93. The summed E-state index contributed by atoms with van der Waals surface area (Å²) in [5.41, 5.74) is 17.6. The van der Waals surface area contributed by atoms with E-state index < -0.39 is 0 Å². The van der Waals surface area contributed by atoms with Crippen LogP contribution in [0.4, 0.5) is 0 Å². The molecule has 0 amide bonds. The Morgan fingerprint density at radius 1 is 0.263 bits per heavy atom. The van der Waals surface area contributed by atoms with Crippen LogP contribution in [0.25, 0.3) is 134 Å². The Bertz CT molecular complexity index is 4510. The van der Waals surface area contributed by atoms with Gasteiger partial charge in [-0.3, -0.25) is 0 Å². The van der Waals surface area contributed by atoms with Crippen LogP contribution in [0, 0.1) is 11.3 Å². The van der Waals surface area contributed by atoms with E-state index in [9.17, 15) is 5.26 Å². The van der Waals surface area contributed by atoms with Gasteiger partial charge in [-0.25, -0.2) is 15.0 Å². The second-order valence-corrected chi connectivity index (χ2v) is 19.1. The first-order valence-electron chi connectivity index (χ1n) is 25.5. The van der Waals surface area contributed by atoms with Gasteiger partial charge >= 0.3 is 0 Å². The molecule has 0 unspecified atom stereocenters. The predicted molar refractivity (Wildman–Crippen MR) is 311 cm³/mol. The van der Waals surface area contributed by atoms with Crippen LogP contribution in [-0.4, -0.2) is 24.1 Å². The standard InChI is InChI=1S/C70H44N6/c71-45-56-40-52(35-37-59(56)49-33-31-48(32-34-49)46-17-4-1-5-18-46)54-41-55(70-73-68(50-21-8-3-9-22-50)72-69(74-70)53-24-16-23-51(39-53)47-19-6-2-7-20-47)43-58(42-54)76-66-30-15-12-27-62(66)63-38-36-57(44-67(63)76)75-64-28-13-10-25-60(64)61-26-11-14-29-65(61)75/h1-44H. The minimum Gasteiger partial charge on any atom is -0.309 e. The van der Waals surface area contributed by atoms with E-state index in [1.807, 2.05) is 48.5 Å². The largest absolute Gasteiger partial charge is 0.309 e. The fourth-order valence-corrected chi connectivity index (χ4v) is 11.0. The van der Waals surface area contributed by atoms with Crippen LogP contribution in [0.2, 0.25) is 0 Å². The molecule has 6 nitrogen and oxygen atoms in total. The van der Waals surface area contributed by atoms with Gasteiger partial charge in [0.25, 0.3) is 0 Å². The predicted octanol–water partition coefficient (Wildman–Crippen LogP) is 17.6. The van der Waals surface area contributed by atoms with Crippen LogP contribution >= 0.6 is 0 Å². The monoisotopic (exact) mass is 968 g/mol. The Balaban J connectivity index is 0.995. The van der Waals surface area contributed by atoms with Crippen molar-refractivity contribution in [3.8, 4) is 96.1 Å². The molecule has 6 heteroatoms. The van der Waals surface area contributed by atoms with Gasteiger partial charge in [0, 0.05) is 49.6 Å². The molecule has 76 heavy (non-hydrogen) atoms. The van der Waals surface area contributed by atoms with Gasteiger partial charge in [0.1, 0.15) is 0 Å². The van der Waals surface area contributed by atoms with Gasteiger partial charge in [0.15, 0.2) is 17.5 Å². The molecular formula is C70H44N6. The minimum atomic E-state index is 0.527. The topological polar surface area (TPSA) is 72.3 Å². The van der Waals surface area contributed by atoms with Gasteiger partial charge < -0.3 is 9.13 Å². The molecule has 0 radical (unpaired) electrons. The molecule has 0 fully saturated rings. The van der Waals surface area contributed by atoms with Crippen molar-refractivity contribution in [1.29, 1.82) is 5.26 Å². The van der Waals surface area contributed by atoms with Crippen LogP contribution in [-0.2, 0) is 0 Å². The van der Waals surface area contributed by atoms with Crippen molar-refractivity contribution in [3.05, 3.63) is 272 Å². The molecule has 3 aromatic heterocycles. The van der Waals surface area contributed by atoms with Crippen molar-refractivity contribution in [3.63, 3.8) is 0 Å². The van der Waals surface area contributed by atoms with E-state index >= 15 is 0 Å². The molecule has 0 spiro atoms. The molecule has 0 aliphatic heterocycles. The highest BCUT2D eigenvalue weighted by Crippen LogP contribution is 2.40. The van der Waals surface area contributed by atoms with Crippen molar-refractivity contribution >= 4 is 43.6 Å². The van der Waals surface area contributed by atoms with Crippen molar-refractivity contribution in [2.75, 3.05) is 0 Å². The summed E-state index contributed by atoms with van der Waals surface area (Å²) in [5, 5.41) is 15.6. The summed E-state index contributed by atoms with van der Waals surface area (Å²) in [6.45, 7) is 0. The molecule has 0 saturated heterocycles. The summed E-state index contributed by atoms with van der Waals surface area (Å²) in [6.07, 6.45) is 0. The molecular weight excluding hydrogens is 925 g/mol. The molecule has 14 aromatic rings. The second kappa shape index (κ2) is 18.5. The molecule has 11 aromatic carbocycles. The highest BCUT2D eigenvalue weighted by molar-refractivity contribution is 6.12. The van der Waals surface area contributed by atoms with E-state index in [0.29, 0.717) is 23.0 Å². The van der Waals surface area contributed by atoms with Gasteiger partial charge in [-0.05, 0) is 105 Å². The van der Waals surface area contributed by atoms with Crippen LogP contribution < -0.4 is 0 Å². The van der Waals surface area contributed by atoms with E-state index in [-0.39, 0.29) is 0 Å². The third-order valence-electron chi connectivity index (χ3n) is 14.6. The molecule has 0 saturated carbocycles. The zero-order valence-electron chi connectivity index (χ0n) is 41.1. The van der Waals surface area contributed by atoms with E-state index in [4.69, 9.17) is 15.0 Å². The van der Waals surface area contributed by atoms with Crippen LogP contribution in [0.3, 0.4) is 0 Å². The second-order valence-electron chi connectivity index (χ2n) is 19.1. The summed E-state index contributed by atoms with van der Waals surface area (Å²) < 4.78 is 4.74. The lowest BCUT2D eigenvalue weighted by Crippen LogP contribution is -2.02. The average Bonchev–Trinajstić information content (AvgIpc) is 4.14. The maximum absolute atomic E-state index is 10.9. The first-order chi connectivity index (χ1) is 37.6. The first kappa shape index (κ1) is 44.2. The molecule has 14 rings (SSSR count). The van der Waals surface area contributed by atoms with Gasteiger partial charge in [0.05, 0.1) is 33.7 Å². The molecule has 0 atom stereocenters. The summed E-state index contributed by atoms with van der Waals surface area (Å²) in [4.78, 5) is 15.8. The van der Waals surface area contributed by atoms with Crippen LogP contribution in [0.15, 0.2) is 267 Å². The zero-order valence-corrected chi connectivity index (χ0v) is 41.1. The SMILES string of the molecule is N#Cc1cc(-c2cc(-c3nc(-c4ccccc4)nc(-c4cccc(-c5ccccc5)c4)n3)cc(-n3c4ccccc4c4ccc(-n5c6ccccc6c6ccccc65)cc43)c2)ccc1-c1ccc(-c2ccccc2)cc1. The van der Waals surface area contributed by atoms with Crippen molar-refractivity contribution in [2.45, 2.75) is 0 Å². The quantitative estimate of drug-likeness (QED) is 0.144. The fourth-order valence-electron chi connectivity index (χ4n) is 11.0. The maximum atomic E-state index is 10.9. The van der Waals surface area contributed by atoms with Crippen LogP contribution in [0.5, 0.6) is 0 Å². The Morgan fingerprint density at radius 2 is 0.684 bits per heavy atom. The number of hydrogen-bond acceptors (Lipinski definition) is 4. The molecule has 3 heterocycles. The Morgan fingerprint density at radius 3 is 1.30 bits per heavy atom. The average molecular weight is 969 g/mol. The van der Waals surface area contributed by atoms with Crippen molar-refractivity contribution in [1.82, 2.24) is 24.1 Å². The fraction of sp³-hybridized carbons (Fsp3) is 0. The number of rotatable bonds is 9. The number of hydrogen-bond donors (Lipinski definition) is 0. The Hall–Kier alpha value is -10.5. The lowest BCUT2D eigenvalue weighted by Gasteiger charge is -2.16. The summed E-state index contributed by atoms with van der Waals surface area (Å²) in [7, 11) is 0. The van der Waals surface area contributed by atoms with Crippen LogP contribution in [0.1, 0.15) is 5.56 Å². The van der Waals surface area contributed by atoms with Gasteiger partial charge in [-0.2, -0.15) is 5.26 Å². The zero-order chi connectivity index (χ0) is 50.5. The number of nitriles is 1. The first-order valence-corrected chi connectivity index (χ1v) is 25.5. The minimum absolute atomic E-state index is 0.527. The maximum Gasteiger partial charge on any atom is 0.164 e. The van der Waals surface area contributed by atoms with Gasteiger partial charge in [-0.15, -0.1) is 0 Å². The molecule has 0 bridgehead atoms. The van der Waals surface area contributed by atoms with E-state index in [2.05, 4.69) is 234 Å². The van der Waals surface area contributed by atoms with Crippen molar-refractivity contribution < 1.29 is 0 Å². The molecule has 0 aliphatic rings. The third-order valence-corrected chi connectivity index (χ3v) is 14.6. The third kappa shape index (κ3) is 7.79. The number of fused-ring (bicyclic) bond motifs is 6. The molecule has 354 valence electrons. The Labute approximate surface area is 439 Å². The lowest BCUT2D eigenvalue weighted by molar-refractivity contribution is 1.07. The number of benzene rings is 11.